The van der Waals surface area contributed by atoms with Gasteiger partial charge in [-0.15, -0.1) is 0 Å². The summed E-state index contributed by atoms with van der Waals surface area (Å²) in [5.74, 6) is 0.284. The highest BCUT2D eigenvalue weighted by atomic mass is 79.9. The Labute approximate surface area is 90.1 Å². The Bertz CT molecular complexity index is 442. The second-order valence-electron chi connectivity index (χ2n) is 2.79. The van der Waals surface area contributed by atoms with Crippen LogP contribution in [0, 0.1) is 0 Å². The van der Waals surface area contributed by atoms with Crippen LogP contribution in [0.15, 0.2) is 41.0 Å². The minimum atomic E-state index is 0.284. The molecule has 0 saturated carbocycles. The summed E-state index contributed by atoms with van der Waals surface area (Å²) in [6, 6.07) is 9.83. The van der Waals surface area contributed by atoms with Crippen molar-refractivity contribution in [2.45, 2.75) is 0 Å². The fraction of sp³-hybridized carbons (Fsp3) is 0. The number of nitrogens with zero attached hydrogens (tertiary/aromatic N) is 2. The van der Waals surface area contributed by atoms with Gasteiger partial charge in [-0.3, -0.25) is 0 Å². The summed E-state index contributed by atoms with van der Waals surface area (Å²) in [6.07, 6.45) is 1.66. The molecule has 0 aliphatic carbocycles. The first kappa shape index (κ1) is 9.15. The minimum absolute atomic E-state index is 0.284. The maximum absolute atomic E-state index is 5.52. The fourth-order valence-corrected chi connectivity index (χ4v) is 1.60. The van der Waals surface area contributed by atoms with Crippen LogP contribution >= 0.6 is 15.9 Å². The molecule has 0 atom stereocenters. The summed E-state index contributed by atoms with van der Waals surface area (Å²) < 4.78 is 0.845. The van der Waals surface area contributed by atoms with E-state index in [1.165, 1.54) is 0 Å². The zero-order chi connectivity index (χ0) is 9.97. The normalized spacial score (nSPS) is 10.1. The summed E-state index contributed by atoms with van der Waals surface area (Å²) in [5.41, 5.74) is 7.36. The number of benzene rings is 1. The van der Waals surface area contributed by atoms with Crippen molar-refractivity contribution in [1.82, 2.24) is 9.97 Å². The maximum atomic E-state index is 5.52. The molecule has 2 aromatic rings. The zero-order valence-electron chi connectivity index (χ0n) is 7.31. The van der Waals surface area contributed by atoms with Crippen molar-refractivity contribution in [2.75, 3.05) is 5.73 Å². The third kappa shape index (κ3) is 1.75. The van der Waals surface area contributed by atoms with E-state index >= 15 is 0 Å². The smallest absolute Gasteiger partial charge is 0.220 e. The van der Waals surface area contributed by atoms with Gasteiger partial charge in [0.15, 0.2) is 0 Å². The average molecular weight is 250 g/mol. The Morgan fingerprint density at radius 3 is 2.57 bits per heavy atom. The molecule has 4 heteroatoms. The van der Waals surface area contributed by atoms with Crippen LogP contribution < -0.4 is 5.73 Å². The maximum Gasteiger partial charge on any atom is 0.220 e. The molecule has 2 rings (SSSR count). The van der Waals surface area contributed by atoms with Crippen molar-refractivity contribution >= 4 is 21.9 Å². The molecule has 0 aliphatic heterocycles. The van der Waals surface area contributed by atoms with Crippen LogP contribution in [-0.2, 0) is 0 Å². The van der Waals surface area contributed by atoms with Crippen LogP contribution in [-0.4, -0.2) is 9.97 Å². The predicted octanol–water partition coefficient (Wildman–Crippen LogP) is 2.49. The molecular formula is C10H8BrN3. The Hall–Kier alpha value is -1.42. The Morgan fingerprint density at radius 2 is 1.86 bits per heavy atom. The van der Waals surface area contributed by atoms with Crippen molar-refractivity contribution in [3.8, 4) is 11.3 Å². The first-order valence-electron chi connectivity index (χ1n) is 4.11. The van der Waals surface area contributed by atoms with Gasteiger partial charge in [0, 0.05) is 11.8 Å². The second kappa shape index (κ2) is 3.75. The van der Waals surface area contributed by atoms with Crippen LogP contribution in [0.1, 0.15) is 0 Å². The molecule has 0 unspecified atom stereocenters. The largest absolute Gasteiger partial charge is 0.368 e. The average Bonchev–Trinajstić information content (AvgIpc) is 2.23. The predicted molar refractivity (Wildman–Crippen MR) is 59.6 cm³/mol. The molecule has 14 heavy (non-hydrogen) atoms. The molecule has 0 fully saturated rings. The van der Waals surface area contributed by atoms with Gasteiger partial charge < -0.3 is 5.73 Å². The van der Waals surface area contributed by atoms with E-state index in [1.807, 2.05) is 30.3 Å². The Kier molecular flexibility index (Phi) is 2.45. The van der Waals surface area contributed by atoms with E-state index < -0.39 is 0 Å². The molecule has 1 aromatic heterocycles. The second-order valence-corrected chi connectivity index (χ2v) is 3.65. The van der Waals surface area contributed by atoms with Gasteiger partial charge in [-0.05, 0) is 15.9 Å². The first-order valence-corrected chi connectivity index (χ1v) is 4.90. The van der Waals surface area contributed by atoms with Gasteiger partial charge in [0.05, 0.1) is 10.2 Å². The quantitative estimate of drug-likeness (QED) is 0.845. The molecule has 0 aliphatic rings. The lowest BCUT2D eigenvalue weighted by atomic mass is 10.1. The van der Waals surface area contributed by atoms with E-state index in [0.717, 1.165) is 15.7 Å². The summed E-state index contributed by atoms with van der Waals surface area (Å²) in [6.45, 7) is 0. The lowest BCUT2D eigenvalue weighted by molar-refractivity contribution is 1.17. The minimum Gasteiger partial charge on any atom is -0.368 e. The number of anilines is 1. The molecule has 70 valence electrons. The summed E-state index contributed by atoms with van der Waals surface area (Å²) in [5, 5.41) is 0. The first-order chi connectivity index (χ1) is 6.77. The molecule has 0 bridgehead atoms. The highest BCUT2D eigenvalue weighted by Crippen LogP contribution is 2.25. The number of nitrogen functional groups attached to an aromatic ring is 1. The Morgan fingerprint density at radius 1 is 1.14 bits per heavy atom. The van der Waals surface area contributed by atoms with Gasteiger partial charge in [-0.2, -0.15) is 0 Å². The van der Waals surface area contributed by atoms with E-state index in [9.17, 15) is 0 Å². The van der Waals surface area contributed by atoms with E-state index in [-0.39, 0.29) is 5.95 Å². The van der Waals surface area contributed by atoms with Gasteiger partial charge in [-0.1, -0.05) is 30.3 Å². The van der Waals surface area contributed by atoms with Gasteiger partial charge in [0.25, 0.3) is 0 Å². The topological polar surface area (TPSA) is 51.8 Å². The van der Waals surface area contributed by atoms with Crippen LogP contribution in [0.3, 0.4) is 0 Å². The van der Waals surface area contributed by atoms with E-state index in [0.29, 0.717) is 0 Å². The summed E-state index contributed by atoms with van der Waals surface area (Å²) >= 11 is 3.39. The van der Waals surface area contributed by atoms with Crippen molar-refractivity contribution in [3.05, 3.63) is 41.0 Å². The fourth-order valence-electron chi connectivity index (χ4n) is 1.18. The lowest BCUT2D eigenvalue weighted by Crippen LogP contribution is -1.96. The third-order valence-corrected chi connectivity index (χ3v) is 2.39. The number of aromatic nitrogens is 2. The molecule has 1 aromatic carbocycles. The van der Waals surface area contributed by atoms with Gasteiger partial charge in [0.1, 0.15) is 0 Å². The van der Waals surface area contributed by atoms with Crippen LogP contribution in [0.2, 0.25) is 0 Å². The van der Waals surface area contributed by atoms with Crippen LogP contribution in [0.5, 0.6) is 0 Å². The molecule has 1 heterocycles. The number of hydrogen-bond acceptors (Lipinski definition) is 3. The molecule has 3 nitrogen and oxygen atoms in total. The van der Waals surface area contributed by atoms with E-state index in [4.69, 9.17) is 5.73 Å². The monoisotopic (exact) mass is 249 g/mol. The standard InChI is InChI=1S/C10H8BrN3/c11-8-6-13-10(12)14-9(8)7-4-2-1-3-5-7/h1-6H,(H2,12,13,14). The molecule has 2 N–H and O–H groups in total. The van der Waals surface area contributed by atoms with Crippen molar-refractivity contribution in [2.24, 2.45) is 0 Å². The third-order valence-electron chi connectivity index (χ3n) is 1.81. The number of hydrogen-bond donors (Lipinski definition) is 1. The molecule has 0 saturated heterocycles. The molecular weight excluding hydrogens is 242 g/mol. The highest BCUT2D eigenvalue weighted by molar-refractivity contribution is 9.10. The lowest BCUT2D eigenvalue weighted by Gasteiger charge is -2.03. The van der Waals surface area contributed by atoms with Crippen LogP contribution in [0.25, 0.3) is 11.3 Å². The van der Waals surface area contributed by atoms with Gasteiger partial charge in [0.2, 0.25) is 5.95 Å². The number of rotatable bonds is 1. The van der Waals surface area contributed by atoms with Gasteiger partial charge >= 0.3 is 0 Å². The molecule has 0 amide bonds. The van der Waals surface area contributed by atoms with E-state index in [1.54, 1.807) is 6.20 Å². The van der Waals surface area contributed by atoms with Crippen molar-refractivity contribution in [3.63, 3.8) is 0 Å². The van der Waals surface area contributed by atoms with E-state index in [2.05, 4.69) is 25.9 Å². The van der Waals surface area contributed by atoms with Gasteiger partial charge in [-0.25, -0.2) is 9.97 Å². The highest BCUT2D eigenvalue weighted by Gasteiger charge is 2.04. The molecule has 0 radical (unpaired) electrons. The molecule has 0 spiro atoms. The zero-order valence-corrected chi connectivity index (χ0v) is 8.90. The summed E-state index contributed by atoms with van der Waals surface area (Å²) in [4.78, 5) is 8.05. The van der Waals surface area contributed by atoms with Crippen LogP contribution in [0.4, 0.5) is 5.95 Å². The number of halogens is 1. The number of nitrogens with two attached hydrogens (primary N) is 1. The van der Waals surface area contributed by atoms with Crippen molar-refractivity contribution < 1.29 is 0 Å². The SMILES string of the molecule is Nc1ncc(Br)c(-c2ccccc2)n1. The summed E-state index contributed by atoms with van der Waals surface area (Å²) in [7, 11) is 0. The Balaban J connectivity index is 2.57. The van der Waals surface area contributed by atoms with Crippen molar-refractivity contribution in [1.29, 1.82) is 0 Å².